The molecule has 0 saturated heterocycles. The molecule has 4 nitrogen and oxygen atoms in total. The molecule has 1 atom stereocenters. The van der Waals surface area contributed by atoms with Gasteiger partial charge in [-0.2, -0.15) is 0 Å². The van der Waals surface area contributed by atoms with Crippen LogP contribution in [0.4, 0.5) is 0 Å². The van der Waals surface area contributed by atoms with Gasteiger partial charge in [-0.15, -0.1) is 0 Å². The third-order valence-corrected chi connectivity index (χ3v) is 1.23. The van der Waals surface area contributed by atoms with E-state index in [9.17, 15) is 0 Å². The number of nitrogens with zero attached hydrogens (tertiary/aromatic N) is 2. The van der Waals surface area contributed by atoms with E-state index in [0.717, 1.165) is 0 Å². The highest BCUT2D eigenvalue weighted by Crippen LogP contribution is 1.87. The lowest BCUT2D eigenvalue weighted by atomic mass is 10.5. The fourth-order valence-electron chi connectivity index (χ4n) is 0.726. The first-order valence-corrected chi connectivity index (χ1v) is 3.04. The molecule has 0 amide bonds. The summed E-state index contributed by atoms with van der Waals surface area (Å²) in [5, 5.41) is 7.32. The second-order valence-corrected chi connectivity index (χ2v) is 2.11. The van der Waals surface area contributed by atoms with Gasteiger partial charge in [-0.3, -0.25) is 10.4 Å². The minimum absolute atomic E-state index is 0.157. The molecule has 1 unspecified atom stereocenters. The predicted molar refractivity (Wildman–Crippen MR) is 37.0 cm³/mol. The molecule has 0 saturated carbocycles. The van der Waals surface area contributed by atoms with Crippen LogP contribution in [0.2, 0.25) is 0 Å². The van der Waals surface area contributed by atoms with Crippen molar-refractivity contribution in [2.24, 2.45) is 5.73 Å². The Bertz CT molecular complexity index is 262. The standard InChI is InChI=1S/C6H10N4/c1-5(7)10-3-2-9-4-6(10)8/h2-5,8H,7H2,1H3. The molecule has 1 rings (SSSR count). The van der Waals surface area contributed by atoms with Crippen LogP contribution in [-0.4, -0.2) is 9.55 Å². The summed E-state index contributed by atoms with van der Waals surface area (Å²) < 4.78 is 1.63. The first kappa shape index (κ1) is 6.95. The van der Waals surface area contributed by atoms with E-state index < -0.39 is 0 Å². The van der Waals surface area contributed by atoms with Gasteiger partial charge in [0.05, 0.1) is 12.4 Å². The smallest absolute Gasteiger partial charge is 0.144 e. The molecular weight excluding hydrogens is 128 g/mol. The molecule has 0 bridgehead atoms. The van der Waals surface area contributed by atoms with Crippen LogP contribution in [0.15, 0.2) is 18.6 Å². The van der Waals surface area contributed by atoms with Gasteiger partial charge in [0.15, 0.2) is 0 Å². The average Bonchev–Trinajstić information content (AvgIpc) is 1.88. The van der Waals surface area contributed by atoms with Crippen LogP contribution >= 0.6 is 0 Å². The zero-order chi connectivity index (χ0) is 7.56. The van der Waals surface area contributed by atoms with Crippen LogP contribution in [0.25, 0.3) is 0 Å². The van der Waals surface area contributed by atoms with Gasteiger partial charge >= 0.3 is 0 Å². The van der Waals surface area contributed by atoms with Crippen LogP contribution < -0.4 is 11.2 Å². The molecule has 0 aliphatic rings. The lowest BCUT2D eigenvalue weighted by molar-refractivity contribution is 0.536. The topological polar surface area (TPSA) is 67.7 Å². The average molecular weight is 138 g/mol. The third kappa shape index (κ3) is 1.22. The summed E-state index contributed by atoms with van der Waals surface area (Å²) >= 11 is 0. The Kier molecular flexibility index (Phi) is 1.82. The van der Waals surface area contributed by atoms with E-state index in [4.69, 9.17) is 11.1 Å². The van der Waals surface area contributed by atoms with Crippen molar-refractivity contribution < 1.29 is 0 Å². The van der Waals surface area contributed by atoms with E-state index in [-0.39, 0.29) is 6.17 Å². The van der Waals surface area contributed by atoms with Crippen LogP contribution in [-0.2, 0) is 0 Å². The Hall–Kier alpha value is -1.16. The number of nitrogens with two attached hydrogens (primary N) is 1. The number of hydrogen-bond donors (Lipinski definition) is 2. The number of aromatic nitrogens is 2. The fourth-order valence-corrected chi connectivity index (χ4v) is 0.726. The van der Waals surface area contributed by atoms with Gasteiger partial charge in [-0.25, -0.2) is 0 Å². The Morgan fingerprint density at radius 1 is 1.80 bits per heavy atom. The highest BCUT2D eigenvalue weighted by molar-refractivity contribution is 4.78. The summed E-state index contributed by atoms with van der Waals surface area (Å²) in [5.74, 6) is 0. The Labute approximate surface area is 58.8 Å². The summed E-state index contributed by atoms with van der Waals surface area (Å²) in [5.41, 5.74) is 5.86. The van der Waals surface area contributed by atoms with Gasteiger partial charge in [-0.1, -0.05) is 0 Å². The van der Waals surface area contributed by atoms with E-state index in [1.54, 1.807) is 17.0 Å². The highest BCUT2D eigenvalue weighted by atomic mass is 15.1. The van der Waals surface area contributed by atoms with Crippen molar-refractivity contribution in [3.8, 4) is 0 Å². The van der Waals surface area contributed by atoms with Crippen molar-refractivity contribution in [3.63, 3.8) is 0 Å². The lowest BCUT2D eigenvalue weighted by Crippen LogP contribution is -2.27. The molecule has 0 aliphatic heterocycles. The zero-order valence-electron chi connectivity index (χ0n) is 5.78. The summed E-state index contributed by atoms with van der Waals surface area (Å²) in [6.45, 7) is 1.82. The molecule has 1 aromatic rings. The summed E-state index contributed by atoms with van der Waals surface area (Å²) in [6.07, 6.45) is 4.60. The van der Waals surface area contributed by atoms with Gasteiger partial charge in [-0.05, 0) is 6.92 Å². The van der Waals surface area contributed by atoms with E-state index in [2.05, 4.69) is 4.98 Å². The maximum Gasteiger partial charge on any atom is 0.144 e. The molecule has 54 valence electrons. The Balaban J connectivity index is 3.16. The monoisotopic (exact) mass is 138 g/mol. The number of rotatable bonds is 1. The fraction of sp³-hybridized carbons (Fsp3) is 0.333. The number of nitrogens with one attached hydrogen (secondary N) is 1. The van der Waals surface area contributed by atoms with E-state index in [1.807, 2.05) is 6.92 Å². The van der Waals surface area contributed by atoms with Crippen molar-refractivity contribution in [2.75, 3.05) is 0 Å². The van der Waals surface area contributed by atoms with Crippen LogP contribution in [0.5, 0.6) is 0 Å². The van der Waals surface area contributed by atoms with Gasteiger partial charge < -0.3 is 10.3 Å². The molecule has 0 radical (unpaired) electrons. The molecular formula is C6H10N4. The van der Waals surface area contributed by atoms with Crippen molar-refractivity contribution in [1.82, 2.24) is 9.55 Å². The molecule has 10 heavy (non-hydrogen) atoms. The van der Waals surface area contributed by atoms with Gasteiger partial charge in [0.1, 0.15) is 5.49 Å². The largest absolute Gasteiger partial charge is 0.315 e. The summed E-state index contributed by atoms with van der Waals surface area (Å²) in [7, 11) is 0. The zero-order valence-corrected chi connectivity index (χ0v) is 5.78. The van der Waals surface area contributed by atoms with E-state index in [1.165, 1.54) is 6.20 Å². The molecule has 0 aliphatic carbocycles. The molecule has 0 fully saturated rings. The Morgan fingerprint density at radius 3 is 2.90 bits per heavy atom. The third-order valence-electron chi connectivity index (χ3n) is 1.23. The van der Waals surface area contributed by atoms with Crippen LogP contribution in [0, 0.1) is 5.41 Å². The Morgan fingerprint density at radius 2 is 2.50 bits per heavy atom. The van der Waals surface area contributed by atoms with Crippen molar-refractivity contribution in [3.05, 3.63) is 24.1 Å². The van der Waals surface area contributed by atoms with E-state index >= 15 is 0 Å². The van der Waals surface area contributed by atoms with Gasteiger partial charge in [0, 0.05) is 12.4 Å². The summed E-state index contributed by atoms with van der Waals surface area (Å²) in [6, 6.07) is 0. The van der Waals surface area contributed by atoms with Crippen molar-refractivity contribution in [2.45, 2.75) is 13.1 Å². The molecule has 1 heterocycles. The minimum atomic E-state index is -0.157. The maximum atomic E-state index is 7.32. The maximum absolute atomic E-state index is 7.32. The molecule has 0 aromatic carbocycles. The van der Waals surface area contributed by atoms with Crippen molar-refractivity contribution >= 4 is 0 Å². The normalized spacial score (nSPS) is 13.0. The molecule has 4 heteroatoms. The second kappa shape index (κ2) is 2.62. The van der Waals surface area contributed by atoms with Crippen LogP contribution in [0.1, 0.15) is 13.1 Å². The van der Waals surface area contributed by atoms with Crippen molar-refractivity contribution in [1.29, 1.82) is 5.41 Å². The van der Waals surface area contributed by atoms with Crippen LogP contribution in [0.3, 0.4) is 0 Å². The quantitative estimate of drug-likeness (QED) is 0.566. The van der Waals surface area contributed by atoms with E-state index in [0.29, 0.717) is 5.49 Å². The minimum Gasteiger partial charge on any atom is -0.315 e. The van der Waals surface area contributed by atoms with Gasteiger partial charge in [0.25, 0.3) is 0 Å². The second-order valence-electron chi connectivity index (χ2n) is 2.11. The molecule has 0 spiro atoms. The predicted octanol–water partition coefficient (Wildman–Crippen LogP) is -0.160. The number of hydrogen-bond acceptors (Lipinski definition) is 3. The first-order chi connectivity index (χ1) is 4.72. The highest BCUT2D eigenvalue weighted by Gasteiger charge is 1.94. The van der Waals surface area contributed by atoms with Gasteiger partial charge in [0.2, 0.25) is 0 Å². The first-order valence-electron chi connectivity index (χ1n) is 3.04. The lowest BCUT2D eigenvalue weighted by Gasteiger charge is -2.08. The molecule has 3 N–H and O–H groups in total. The SMILES string of the molecule is CC(N)n1ccncc1=N. The summed E-state index contributed by atoms with van der Waals surface area (Å²) in [4.78, 5) is 3.76. The molecule has 1 aromatic heterocycles.